The van der Waals surface area contributed by atoms with Gasteiger partial charge in [-0.1, -0.05) is 43.3 Å². The van der Waals surface area contributed by atoms with Gasteiger partial charge in [-0.05, 0) is 30.2 Å². The van der Waals surface area contributed by atoms with Gasteiger partial charge in [-0.3, -0.25) is 19.7 Å². The van der Waals surface area contributed by atoms with E-state index in [4.69, 9.17) is 4.74 Å². The van der Waals surface area contributed by atoms with E-state index in [9.17, 15) is 19.7 Å². The van der Waals surface area contributed by atoms with Crippen LogP contribution in [0.25, 0.3) is 0 Å². The average molecular weight is 404 g/mol. The summed E-state index contributed by atoms with van der Waals surface area (Å²) in [4.78, 5) is 35.0. The van der Waals surface area contributed by atoms with E-state index < -0.39 is 10.8 Å². The smallest absolute Gasteiger partial charge is 0.270 e. The minimum atomic E-state index is -0.557. The summed E-state index contributed by atoms with van der Waals surface area (Å²) in [5.41, 5.74) is 2.18. The number of ether oxygens (including phenoxy) is 1. The SMILES string of the molecule is CCc1ccc(C(=O)COc2cccc(NC(=O)c3cccc([N+](=O)[O-])c3)c2)cc1. The molecule has 3 aromatic carbocycles. The molecule has 30 heavy (non-hydrogen) atoms. The van der Waals surface area contributed by atoms with Crippen molar-refractivity contribution >= 4 is 23.1 Å². The van der Waals surface area contributed by atoms with E-state index >= 15 is 0 Å². The van der Waals surface area contributed by atoms with Gasteiger partial charge in [0.05, 0.1) is 4.92 Å². The van der Waals surface area contributed by atoms with Gasteiger partial charge in [-0.25, -0.2) is 0 Å². The lowest BCUT2D eigenvalue weighted by molar-refractivity contribution is -0.384. The first-order valence-corrected chi connectivity index (χ1v) is 9.37. The van der Waals surface area contributed by atoms with Crippen molar-refractivity contribution < 1.29 is 19.2 Å². The van der Waals surface area contributed by atoms with Crippen LogP contribution in [-0.4, -0.2) is 23.2 Å². The molecule has 0 aromatic heterocycles. The number of carbonyl (C=O) groups excluding carboxylic acids is 2. The minimum Gasteiger partial charge on any atom is -0.485 e. The van der Waals surface area contributed by atoms with Crippen molar-refractivity contribution in [2.75, 3.05) is 11.9 Å². The second-order valence-electron chi connectivity index (χ2n) is 6.55. The van der Waals surface area contributed by atoms with Gasteiger partial charge < -0.3 is 10.1 Å². The Balaban J connectivity index is 1.62. The maximum Gasteiger partial charge on any atom is 0.270 e. The molecule has 1 N–H and O–H groups in total. The van der Waals surface area contributed by atoms with Crippen LogP contribution < -0.4 is 10.1 Å². The Morgan fingerprint density at radius 3 is 2.40 bits per heavy atom. The zero-order valence-electron chi connectivity index (χ0n) is 16.3. The Morgan fingerprint density at radius 1 is 0.967 bits per heavy atom. The number of benzene rings is 3. The summed E-state index contributed by atoms with van der Waals surface area (Å²) in [7, 11) is 0. The quantitative estimate of drug-likeness (QED) is 0.334. The molecular weight excluding hydrogens is 384 g/mol. The third kappa shape index (κ3) is 5.29. The summed E-state index contributed by atoms with van der Waals surface area (Å²) in [5, 5.41) is 13.5. The van der Waals surface area contributed by atoms with Crippen molar-refractivity contribution in [3.63, 3.8) is 0 Å². The van der Waals surface area contributed by atoms with E-state index in [2.05, 4.69) is 5.32 Å². The van der Waals surface area contributed by atoms with Gasteiger partial charge >= 0.3 is 0 Å². The molecule has 0 aliphatic heterocycles. The van der Waals surface area contributed by atoms with Crippen LogP contribution in [0, 0.1) is 10.1 Å². The number of nitrogens with zero attached hydrogens (tertiary/aromatic N) is 1. The molecule has 0 bridgehead atoms. The number of aryl methyl sites for hydroxylation is 1. The van der Waals surface area contributed by atoms with Gasteiger partial charge in [-0.2, -0.15) is 0 Å². The third-order valence-corrected chi connectivity index (χ3v) is 4.47. The number of amides is 1. The molecule has 0 radical (unpaired) electrons. The Labute approximate surface area is 173 Å². The lowest BCUT2D eigenvalue weighted by atomic mass is 10.1. The zero-order valence-corrected chi connectivity index (χ0v) is 16.3. The number of nitro benzene ring substituents is 1. The van der Waals surface area contributed by atoms with Crippen LogP contribution in [-0.2, 0) is 6.42 Å². The Kier molecular flexibility index (Phi) is 6.54. The summed E-state index contributed by atoms with van der Waals surface area (Å²) in [6.45, 7) is 1.92. The molecule has 1 amide bonds. The van der Waals surface area contributed by atoms with E-state index in [1.54, 1.807) is 36.4 Å². The highest BCUT2D eigenvalue weighted by Crippen LogP contribution is 2.20. The molecule has 3 rings (SSSR count). The van der Waals surface area contributed by atoms with E-state index in [1.165, 1.54) is 24.3 Å². The molecule has 7 nitrogen and oxygen atoms in total. The van der Waals surface area contributed by atoms with Crippen LogP contribution in [0.15, 0.2) is 72.8 Å². The van der Waals surface area contributed by atoms with Crippen molar-refractivity contribution in [2.45, 2.75) is 13.3 Å². The van der Waals surface area contributed by atoms with E-state index in [0.29, 0.717) is 17.0 Å². The topological polar surface area (TPSA) is 98.5 Å². The molecule has 152 valence electrons. The zero-order chi connectivity index (χ0) is 21.5. The number of hydrogen-bond acceptors (Lipinski definition) is 5. The molecule has 0 heterocycles. The molecule has 7 heteroatoms. The Bertz CT molecular complexity index is 1080. The van der Waals surface area contributed by atoms with Crippen molar-refractivity contribution in [2.24, 2.45) is 0 Å². The normalized spacial score (nSPS) is 10.3. The highest BCUT2D eigenvalue weighted by molar-refractivity contribution is 6.04. The molecule has 0 atom stereocenters. The van der Waals surface area contributed by atoms with Crippen LogP contribution in [0.5, 0.6) is 5.75 Å². The van der Waals surface area contributed by atoms with Crippen molar-refractivity contribution in [3.05, 3.63) is 99.6 Å². The van der Waals surface area contributed by atoms with Gasteiger partial charge in [0, 0.05) is 35.0 Å². The molecule has 0 aliphatic rings. The van der Waals surface area contributed by atoms with Crippen LogP contribution in [0.4, 0.5) is 11.4 Å². The van der Waals surface area contributed by atoms with Crippen molar-refractivity contribution in [3.8, 4) is 5.75 Å². The fourth-order valence-corrected chi connectivity index (χ4v) is 2.79. The van der Waals surface area contributed by atoms with Crippen molar-refractivity contribution in [1.29, 1.82) is 0 Å². The molecule has 0 saturated heterocycles. The van der Waals surface area contributed by atoms with Gasteiger partial charge in [0.2, 0.25) is 0 Å². The number of non-ortho nitro benzene ring substituents is 1. The Morgan fingerprint density at radius 2 is 1.70 bits per heavy atom. The fraction of sp³-hybridized carbons (Fsp3) is 0.130. The second-order valence-corrected chi connectivity index (χ2v) is 6.55. The molecule has 0 saturated carbocycles. The predicted molar refractivity (Wildman–Crippen MR) is 113 cm³/mol. The molecule has 3 aromatic rings. The minimum absolute atomic E-state index is 0.131. The number of hydrogen-bond donors (Lipinski definition) is 1. The number of ketones is 1. The highest BCUT2D eigenvalue weighted by Gasteiger charge is 2.12. The highest BCUT2D eigenvalue weighted by atomic mass is 16.6. The molecule has 0 spiro atoms. The number of Topliss-reactive ketones (excluding diaryl/α,β-unsaturated/α-hetero) is 1. The summed E-state index contributed by atoms with van der Waals surface area (Å²) >= 11 is 0. The first kappa shape index (κ1) is 20.7. The van der Waals surface area contributed by atoms with Gasteiger partial charge in [-0.15, -0.1) is 0 Å². The second kappa shape index (κ2) is 9.47. The maximum absolute atomic E-state index is 12.4. The van der Waals surface area contributed by atoms with Crippen LogP contribution in [0.1, 0.15) is 33.2 Å². The molecular formula is C23H20N2O5. The van der Waals surface area contributed by atoms with Crippen LogP contribution >= 0.6 is 0 Å². The van der Waals surface area contributed by atoms with E-state index in [0.717, 1.165) is 12.0 Å². The Hall–Kier alpha value is -4.00. The fourth-order valence-electron chi connectivity index (χ4n) is 2.79. The molecule has 0 unspecified atom stereocenters. The monoisotopic (exact) mass is 404 g/mol. The lowest BCUT2D eigenvalue weighted by Crippen LogP contribution is -2.13. The molecule has 0 aliphatic carbocycles. The summed E-state index contributed by atoms with van der Waals surface area (Å²) in [6, 6.07) is 19.5. The standard InChI is InChI=1S/C23H20N2O5/c1-2-16-9-11-17(12-10-16)22(26)15-30-21-8-4-6-19(14-21)24-23(27)18-5-3-7-20(13-18)25(28)29/h3-14H,2,15H2,1H3,(H,24,27). The summed E-state index contributed by atoms with van der Waals surface area (Å²) in [5.74, 6) is -0.211. The van der Waals surface area contributed by atoms with Crippen molar-refractivity contribution in [1.82, 2.24) is 0 Å². The number of nitro groups is 1. The van der Waals surface area contributed by atoms with Crippen LogP contribution in [0.2, 0.25) is 0 Å². The number of anilines is 1. The number of rotatable bonds is 8. The number of nitrogens with one attached hydrogen (secondary N) is 1. The first-order valence-electron chi connectivity index (χ1n) is 9.37. The third-order valence-electron chi connectivity index (χ3n) is 4.47. The van der Waals surface area contributed by atoms with Crippen LogP contribution in [0.3, 0.4) is 0 Å². The molecule has 0 fully saturated rings. The maximum atomic E-state index is 12.4. The van der Waals surface area contributed by atoms with E-state index in [1.807, 2.05) is 19.1 Å². The largest absolute Gasteiger partial charge is 0.485 e. The first-order chi connectivity index (χ1) is 14.5. The van der Waals surface area contributed by atoms with E-state index in [-0.39, 0.29) is 23.6 Å². The summed E-state index contributed by atoms with van der Waals surface area (Å²) in [6.07, 6.45) is 0.903. The summed E-state index contributed by atoms with van der Waals surface area (Å²) < 4.78 is 5.57. The number of carbonyl (C=O) groups is 2. The van der Waals surface area contributed by atoms with Gasteiger partial charge in [0.15, 0.2) is 12.4 Å². The average Bonchev–Trinajstić information content (AvgIpc) is 2.78. The van der Waals surface area contributed by atoms with Gasteiger partial charge in [0.1, 0.15) is 5.75 Å². The lowest BCUT2D eigenvalue weighted by Gasteiger charge is -2.09. The van der Waals surface area contributed by atoms with Gasteiger partial charge in [0.25, 0.3) is 11.6 Å². The predicted octanol–water partition coefficient (Wildman–Crippen LogP) is 4.67.